The molecular weight excluding hydrogens is 494 g/mol. The van der Waals surface area contributed by atoms with Gasteiger partial charge in [0.25, 0.3) is 0 Å². The molecule has 4 nitrogen and oxygen atoms in total. The monoisotopic (exact) mass is 547 g/mol. The van der Waals surface area contributed by atoms with Crippen molar-refractivity contribution in [2.45, 2.75) is 121 Å². The van der Waals surface area contributed by atoms with Crippen molar-refractivity contribution >= 4 is 5.69 Å². The third-order valence-electron chi connectivity index (χ3n) is 9.80. The predicted octanol–water partition coefficient (Wildman–Crippen LogP) is 9.17. The van der Waals surface area contributed by atoms with Crippen molar-refractivity contribution in [1.29, 1.82) is 0 Å². The Balaban J connectivity index is 1.04. The van der Waals surface area contributed by atoms with E-state index >= 15 is 0 Å². The zero-order valence-corrected chi connectivity index (χ0v) is 25.4. The highest BCUT2D eigenvalue weighted by molar-refractivity contribution is 5.66. The molecule has 3 aliphatic rings. The first-order valence-electron chi connectivity index (χ1n) is 16.3. The predicted molar refractivity (Wildman–Crippen MR) is 165 cm³/mol. The van der Waals surface area contributed by atoms with Crippen LogP contribution in [0.5, 0.6) is 5.75 Å². The Labute approximate surface area is 243 Å². The molecule has 0 amide bonds. The van der Waals surface area contributed by atoms with Crippen LogP contribution in [0.4, 0.5) is 5.69 Å². The summed E-state index contributed by atoms with van der Waals surface area (Å²) in [5, 5.41) is 4.01. The van der Waals surface area contributed by atoms with E-state index < -0.39 is 0 Å². The number of nitrogens with one attached hydrogen (secondary N) is 1. The van der Waals surface area contributed by atoms with E-state index in [1.807, 2.05) is 30.3 Å². The van der Waals surface area contributed by atoms with E-state index in [9.17, 15) is 0 Å². The molecule has 2 saturated carbocycles. The fourth-order valence-corrected chi connectivity index (χ4v) is 7.70. The van der Waals surface area contributed by atoms with Crippen molar-refractivity contribution in [3.8, 4) is 5.75 Å². The van der Waals surface area contributed by atoms with Crippen molar-refractivity contribution in [3.05, 3.63) is 59.7 Å². The first-order chi connectivity index (χ1) is 19.4. The largest absolute Gasteiger partial charge is 0.494 e. The van der Waals surface area contributed by atoms with Gasteiger partial charge in [-0.1, -0.05) is 70.4 Å². The molecule has 40 heavy (non-hydrogen) atoms. The Morgan fingerprint density at radius 1 is 0.775 bits per heavy atom. The zero-order valence-electron chi connectivity index (χ0n) is 25.4. The van der Waals surface area contributed by atoms with Crippen molar-refractivity contribution in [2.24, 2.45) is 5.92 Å². The number of hydrogen-bond acceptors (Lipinski definition) is 4. The average molecular weight is 548 g/mol. The van der Waals surface area contributed by atoms with Crippen LogP contribution in [0.3, 0.4) is 0 Å². The minimum absolute atomic E-state index is 0.128. The van der Waals surface area contributed by atoms with Crippen molar-refractivity contribution in [1.82, 2.24) is 0 Å². The minimum atomic E-state index is -0.236. The topological polar surface area (TPSA) is 39.7 Å². The van der Waals surface area contributed by atoms with Crippen LogP contribution in [-0.4, -0.2) is 32.2 Å². The van der Waals surface area contributed by atoms with E-state index in [-0.39, 0.29) is 16.6 Å². The lowest BCUT2D eigenvalue weighted by Gasteiger charge is -2.56. The lowest BCUT2D eigenvalue weighted by molar-refractivity contribution is -0.132. The second kappa shape index (κ2) is 13.3. The third kappa shape index (κ3) is 6.39. The SMILES string of the molecule is CC(C)(C)c1ccc2c(c1)C13CCCC[C@H]1CCC[C@@]3(OCCCCOCCCCCCOc1ccccc1)N2. The Morgan fingerprint density at radius 3 is 2.30 bits per heavy atom. The molecular formula is C36H53NO3. The van der Waals surface area contributed by atoms with Gasteiger partial charge in [0, 0.05) is 30.9 Å². The fourth-order valence-electron chi connectivity index (χ4n) is 7.70. The van der Waals surface area contributed by atoms with Crippen LogP contribution in [0.2, 0.25) is 0 Å². The van der Waals surface area contributed by atoms with Crippen molar-refractivity contribution in [3.63, 3.8) is 0 Å². The summed E-state index contributed by atoms with van der Waals surface area (Å²) in [6.45, 7) is 10.3. The van der Waals surface area contributed by atoms with Gasteiger partial charge in [0.15, 0.2) is 0 Å². The number of anilines is 1. The summed E-state index contributed by atoms with van der Waals surface area (Å²) in [5.41, 5.74) is 4.39. The minimum Gasteiger partial charge on any atom is -0.494 e. The lowest BCUT2D eigenvalue weighted by atomic mass is 9.53. The van der Waals surface area contributed by atoms with Gasteiger partial charge in [0.05, 0.1) is 6.61 Å². The first-order valence-corrected chi connectivity index (χ1v) is 16.3. The van der Waals surface area contributed by atoms with Gasteiger partial charge in [-0.25, -0.2) is 0 Å². The maximum Gasteiger partial charge on any atom is 0.148 e. The van der Waals surface area contributed by atoms with Gasteiger partial charge in [-0.2, -0.15) is 0 Å². The number of rotatable bonds is 14. The number of benzene rings is 2. The summed E-state index contributed by atoms with van der Waals surface area (Å²) in [4.78, 5) is 0. The second-order valence-electron chi connectivity index (χ2n) is 13.5. The van der Waals surface area contributed by atoms with Gasteiger partial charge in [0.2, 0.25) is 0 Å². The maximum atomic E-state index is 7.00. The van der Waals surface area contributed by atoms with Gasteiger partial charge in [-0.05, 0) is 105 Å². The van der Waals surface area contributed by atoms with Crippen LogP contribution >= 0.6 is 0 Å². The molecule has 2 aromatic rings. The summed E-state index contributed by atoms with van der Waals surface area (Å²) in [6.07, 6.45) is 15.8. The van der Waals surface area contributed by atoms with Gasteiger partial charge in [0.1, 0.15) is 11.5 Å². The smallest absolute Gasteiger partial charge is 0.148 e. The number of para-hydroxylation sites is 1. The fraction of sp³-hybridized carbons (Fsp3) is 0.667. The molecule has 1 spiro atoms. The van der Waals surface area contributed by atoms with Gasteiger partial charge in [-0.3, -0.25) is 0 Å². The van der Waals surface area contributed by atoms with Crippen LogP contribution in [-0.2, 0) is 20.3 Å². The number of hydrogen-bond donors (Lipinski definition) is 1. The van der Waals surface area contributed by atoms with Crippen LogP contribution in [0, 0.1) is 5.92 Å². The van der Waals surface area contributed by atoms with Crippen LogP contribution < -0.4 is 10.1 Å². The normalized spacial score (nSPS) is 25.5. The Kier molecular flexibility index (Phi) is 9.79. The molecule has 2 aliphatic carbocycles. The number of fused-ring (bicyclic) bond motifs is 1. The second-order valence-corrected chi connectivity index (χ2v) is 13.5. The molecule has 1 N–H and O–H groups in total. The first kappa shape index (κ1) is 29.5. The molecule has 1 unspecified atom stereocenters. The molecule has 0 bridgehead atoms. The molecule has 220 valence electrons. The molecule has 4 heteroatoms. The van der Waals surface area contributed by atoms with Crippen molar-refractivity contribution in [2.75, 3.05) is 31.7 Å². The van der Waals surface area contributed by atoms with E-state index in [0.29, 0.717) is 0 Å². The van der Waals surface area contributed by atoms with E-state index in [0.717, 1.165) is 70.2 Å². The summed E-state index contributed by atoms with van der Waals surface area (Å²) in [7, 11) is 0. The Morgan fingerprint density at radius 2 is 1.50 bits per heavy atom. The number of ether oxygens (including phenoxy) is 3. The molecule has 1 heterocycles. The molecule has 0 aromatic heterocycles. The van der Waals surface area contributed by atoms with Gasteiger partial charge < -0.3 is 19.5 Å². The van der Waals surface area contributed by atoms with E-state index in [1.54, 1.807) is 5.56 Å². The van der Waals surface area contributed by atoms with Gasteiger partial charge in [-0.15, -0.1) is 0 Å². The maximum absolute atomic E-state index is 7.00. The highest BCUT2D eigenvalue weighted by Gasteiger charge is 2.64. The molecule has 2 aromatic carbocycles. The average Bonchev–Trinajstić information content (AvgIpc) is 3.24. The molecule has 0 radical (unpaired) electrons. The Hall–Kier alpha value is -2.04. The standard InChI is InChI=1S/C36H53NO3/c1-34(2,3)30-20-21-33-32(28-30)35-22-10-9-16-29(35)17-15-23-36(35,37-33)40-27-14-13-25-38-24-11-4-5-12-26-39-31-18-7-6-8-19-31/h6-8,18-21,28-29,37H,4-5,9-17,22-27H2,1-3H3/t29-,35?,36-/m0/s1. The van der Waals surface area contributed by atoms with E-state index in [2.05, 4.69) is 44.3 Å². The molecule has 3 atom stereocenters. The summed E-state index contributed by atoms with van der Waals surface area (Å²) in [6, 6.07) is 17.3. The summed E-state index contributed by atoms with van der Waals surface area (Å²) in [5.74, 6) is 1.70. The van der Waals surface area contributed by atoms with Crippen LogP contribution in [0.1, 0.15) is 115 Å². The van der Waals surface area contributed by atoms with Gasteiger partial charge >= 0.3 is 0 Å². The quantitative estimate of drug-likeness (QED) is 0.239. The van der Waals surface area contributed by atoms with E-state index in [1.165, 1.54) is 62.6 Å². The highest BCUT2D eigenvalue weighted by Crippen LogP contribution is 2.63. The molecule has 0 saturated heterocycles. The summed E-state index contributed by atoms with van der Waals surface area (Å²) < 4.78 is 18.7. The number of unbranched alkanes of at least 4 members (excludes halogenated alkanes) is 4. The van der Waals surface area contributed by atoms with Crippen LogP contribution in [0.15, 0.2) is 48.5 Å². The van der Waals surface area contributed by atoms with Crippen molar-refractivity contribution < 1.29 is 14.2 Å². The third-order valence-corrected chi connectivity index (χ3v) is 9.80. The molecule has 1 aliphatic heterocycles. The molecule has 2 fully saturated rings. The molecule has 5 rings (SSSR count). The highest BCUT2D eigenvalue weighted by atomic mass is 16.5. The summed E-state index contributed by atoms with van der Waals surface area (Å²) >= 11 is 0. The lowest BCUT2D eigenvalue weighted by Crippen LogP contribution is -2.61. The zero-order chi connectivity index (χ0) is 27.9. The Bertz CT molecular complexity index is 1060. The van der Waals surface area contributed by atoms with Crippen LogP contribution in [0.25, 0.3) is 0 Å². The van der Waals surface area contributed by atoms with E-state index in [4.69, 9.17) is 14.2 Å².